The molecule has 0 unspecified atom stereocenters. The Labute approximate surface area is 77.2 Å². The number of hydrogen-bond acceptors (Lipinski definition) is 4. The molecule has 4 heteroatoms. The van der Waals surface area contributed by atoms with Gasteiger partial charge in [0.05, 0.1) is 12.0 Å². The average molecular weight is 189 g/mol. The molecular formula is C8H15NO2S. The fraction of sp³-hybridized carbons (Fsp3) is 0.875. The zero-order valence-corrected chi connectivity index (χ0v) is 8.32. The number of rotatable bonds is 3. The van der Waals surface area contributed by atoms with Gasteiger partial charge in [0.2, 0.25) is 0 Å². The van der Waals surface area contributed by atoms with Gasteiger partial charge in [-0.25, -0.2) is 0 Å². The summed E-state index contributed by atoms with van der Waals surface area (Å²) in [6.45, 7) is 4.41. The van der Waals surface area contributed by atoms with Crippen LogP contribution in [0, 0.1) is 0 Å². The van der Waals surface area contributed by atoms with Crippen LogP contribution in [0.2, 0.25) is 0 Å². The van der Waals surface area contributed by atoms with Gasteiger partial charge < -0.3 is 4.74 Å². The van der Waals surface area contributed by atoms with E-state index in [0.717, 1.165) is 12.2 Å². The second-order valence-electron chi connectivity index (χ2n) is 2.70. The summed E-state index contributed by atoms with van der Waals surface area (Å²) in [6.07, 6.45) is 1.06. The SMILES string of the molecule is CCOC(=O)[C@@H]1CS[C@H](CC)N1. The van der Waals surface area contributed by atoms with Gasteiger partial charge in [0, 0.05) is 5.75 Å². The first kappa shape index (κ1) is 9.86. The van der Waals surface area contributed by atoms with Gasteiger partial charge in [-0.15, -0.1) is 11.8 Å². The van der Waals surface area contributed by atoms with Crippen LogP contribution in [0.3, 0.4) is 0 Å². The van der Waals surface area contributed by atoms with Crippen molar-refractivity contribution in [3.63, 3.8) is 0 Å². The lowest BCUT2D eigenvalue weighted by atomic mass is 10.3. The Hall–Kier alpha value is -0.220. The Kier molecular flexibility index (Phi) is 3.88. The van der Waals surface area contributed by atoms with E-state index in [2.05, 4.69) is 12.2 Å². The fourth-order valence-corrected chi connectivity index (χ4v) is 2.30. The number of carbonyl (C=O) groups is 1. The third-order valence-electron chi connectivity index (χ3n) is 1.79. The maximum atomic E-state index is 11.2. The molecule has 1 heterocycles. The average Bonchev–Trinajstić information content (AvgIpc) is 2.52. The van der Waals surface area contributed by atoms with Gasteiger partial charge in [0.15, 0.2) is 0 Å². The number of carbonyl (C=O) groups excluding carboxylic acids is 1. The van der Waals surface area contributed by atoms with Crippen molar-refractivity contribution in [1.82, 2.24) is 5.32 Å². The van der Waals surface area contributed by atoms with Crippen LogP contribution in [0.1, 0.15) is 20.3 Å². The second-order valence-corrected chi connectivity index (χ2v) is 3.94. The highest BCUT2D eigenvalue weighted by molar-refractivity contribution is 8.00. The van der Waals surface area contributed by atoms with E-state index in [0.29, 0.717) is 12.0 Å². The maximum absolute atomic E-state index is 11.2. The summed E-state index contributed by atoms with van der Waals surface area (Å²) >= 11 is 1.79. The van der Waals surface area contributed by atoms with Crippen LogP contribution in [0.25, 0.3) is 0 Å². The smallest absolute Gasteiger partial charge is 0.324 e. The molecule has 2 atom stereocenters. The maximum Gasteiger partial charge on any atom is 0.324 e. The van der Waals surface area contributed by atoms with Gasteiger partial charge in [-0.2, -0.15) is 0 Å². The molecule has 1 rings (SSSR count). The lowest BCUT2D eigenvalue weighted by molar-refractivity contribution is -0.144. The zero-order chi connectivity index (χ0) is 8.97. The monoisotopic (exact) mass is 189 g/mol. The van der Waals surface area contributed by atoms with E-state index in [1.807, 2.05) is 6.92 Å². The fourth-order valence-electron chi connectivity index (χ4n) is 1.15. The van der Waals surface area contributed by atoms with Crippen LogP contribution in [0.4, 0.5) is 0 Å². The molecule has 0 spiro atoms. The summed E-state index contributed by atoms with van der Waals surface area (Å²) in [6, 6.07) is -0.0834. The standard InChI is InChI=1S/C8H15NO2S/c1-3-7-9-6(5-12-7)8(10)11-4-2/h6-7,9H,3-5H2,1-2H3/t6-,7+/m0/s1. The summed E-state index contributed by atoms with van der Waals surface area (Å²) in [5, 5.41) is 3.64. The van der Waals surface area contributed by atoms with E-state index < -0.39 is 0 Å². The van der Waals surface area contributed by atoms with E-state index in [-0.39, 0.29) is 12.0 Å². The third-order valence-corrected chi connectivity index (χ3v) is 3.19. The highest BCUT2D eigenvalue weighted by Gasteiger charge is 2.29. The Balaban J connectivity index is 2.31. The lowest BCUT2D eigenvalue weighted by Gasteiger charge is -2.10. The van der Waals surface area contributed by atoms with E-state index in [4.69, 9.17) is 4.74 Å². The van der Waals surface area contributed by atoms with Gasteiger partial charge in [0.25, 0.3) is 0 Å². The van der Waals surface area contributed by atoms with Crippen LogP contribution in [-0.4, -0.2) is 29.7 Å². The van der Waals surface area contributed by atoms with Crippen molar-refractivity contribution in [3.05, 3.63) is 0 Å². The molecule has 1 aliphatic rings. The van der Waals surface area contributed by atoms with Crippen LogP contribution < -0.4 is 5.32 Å². The summed E-state index contributed by atoms with van der Waals surface area (Å²) in [7, 11) is 0. The summed E-state index contributed by atoms with van der Waals surface area (Å²) in [5.74, 6) is 0.734. The quantitative estimate of drug-likeness (QED) is 0.672. The Morgan fingerprint density at radius 2 is 2.42 bits per heavy atom. The van der Waals surface area contributed by atoms with Gasteiger partial charge >= 0.3 is 5.97 Å². The molecular weight excluding hydrogens is 174 g/mol. The minimum atomic E-state index is -0.110. The number of nitrogens with one attached hydrogen (secondary N) is 1. The van der Waals surface area contributed by atoms with Crippen molar-refractivity contribution >= 4 is 17.7 Å². The van der Waals surface area contributed by atoms with Crippen LogP contribution >= 0.6 is 11.8 Å². The van der Waals surface area contributed by atoms with Crippen molar-refractivity contribution < 1.29 is 9.53 Å². The Bertz CT molecular complexity index is 163. The van der Waals surface area contributed by atoms with Gasteiger partial charge in [-0.3, -0.25) is 10.1 Å². The van der Waals surface area contributed by atoms with Crippen molar-refractivity contribution in [2.45, 2.75) is 31.7 Å². The van der Waals surface area contributed by atoms with Crippen molar-refractivity contribution in [3.8, 4) is 0 Å². The molecule has 0 aromatic heterocycles. The minimum absolute atomic E-state index is 0.0834. The minimum Gasteiger partial charge on any atom is -0.465 e. The molecule has 0 amide bonds. The Morgan fingerprint density at radius 1 is 1.67 bits per heavy atom. The lowest BCUT2D eigenvalue weighted by Crippen LogP contribution is -2.37. The first-order valence-electron chi connectivity index (χ1n) is 4.32. The molecule has 0 saturated carbocycles. The molecule has 70 valence electrons. The molecule has 0 aliphatic carbocycles. The molecule has 1 N–H and O–H groups in total. The predicted molar refractivity (Wildman–Crippen MR) is 50.1 cm³/mol. The largest absolute Gasteiger partial charge is 0.465 e. The summed E-state index contributed by atoms with van der Waals surface area (Å²) < 4.78 is 4.90. The van der Waals surface area contributed by atoms with Crippen LogP contribution in [0.5, 0.6) is 0 Å². The second kappa shape index (κ2) is 4.72. The van der Waals surface area contributed by atoms with Crippen molar-refractivity contribution in [1.29, 1.82) is 0 Å². The molecule has 0 radical (unpaired) electrons. The van der Waals surface area contributed by atoms with Crippen molar-refractivity contribution in [2.75, 3.05) is 12.4 Å². The number of esters is 1. The summed E-state index contributed by atoms with van der Waals surface area (Å²) in [4.78, 5) is 11.2. The molecule has 0 aromatic carbocycles. The molecule has 1 saturated heterocycles. The topological polar surface area (TPSA) is 38.3 Å². The number of ether oxygens (including phenoxy) is 1. The van der Waals surface area contributed by atoms with Gasteiger partial charge in [-0.1, -0.05) is 6.92 Å². The first-order valence-corrected chi connectivity index (χ1v) is 5.37. The first-order chi connectivity index (χ1) is 5.77. The van der Waals surface area contributed by atoms with E-state index in [1.165, 1.54) is 0 Å². The number of hydrogen-bond donors (Lipinski definition) is 1. The third kappa shape index (κ3) is 2.38. The molecule has 1 aliphatic heterocycles. The van der Waals surface area contributed by atoms with Crippen LogP contribution in [0.15, 0.2) is 0 Å². The van der Waals surface area contributed by atoms with E-state index in [9.17, 15) is 4.79 Å². The molecule has 3 nitrogen and oxygen atoms in total. The van der Waals surface area contributed by atoms with Gasteiger partial charge in [0.1, 0.15) is 6.04 Å². The van der Waals surface area contributed by atoms with Crippen molar-refractivity contribution in [2.24, 2.45) is 0 Å². The predicted octanol–water partition coefficient (Wildman–Crippen LogP) is 0.991. The zero-order valence-electron chi connectivity index (χ0n) is 7.50. The molecule has 0 bridgehead atoms. The highest BCUT2D eigenvalue weighted by atomic mass is 32.2. The molecule has 0 aromatic rings. The van der Waals surface area contributed by atoms with Gasteiger partial charge in [-0.05, 0) is 13.3 Å². The number of thioether (sulfide) groups is 1. The molecule has 1 fully saturated rings. The van der Waals surface area contributed by atoms with Crippen LogP contribution in [-0.2, 0) is 9.53 Å². The normalized spacial score (nSPS) is 28.8. The van der Waals surface area contributed by atoms with E-state index in [1.54, 1.807) is 11.8 Å². The highest BCUT2D eigenvalue weighted by Crippen LogP contribution is 2.21. The van der Waals surface area contributed by atoms with E-state index >= 15 is 0 Å². The summed E-state index contributed by atoms with van der Waals surface area (Å²) in [5.41, 5.74) is 0. The Morgan fingerprint density at radius 3 is 2.92 bits per heavy atom. The molecule has 12 heavy (non-hydrogen) atoms.